The summed E-state index contributed by atoms with van der Waals surface area (Å²) in [4.78, 5) is 24.5. The first-order valence-corrected chi connectivity index (χ1v) is 5.97. The van der Waals surface area contributed by atoms with Crippen molar-refractivity contribution in [3.05, 3.63) is 29.8 Å². The lowest BCUT2D eigenvalue weighted by molar-refractivity contribution is -0.142. The standard InChI is InChI=1S/C13H16F2N2O2/c1-3-4-7-17(2)13(19)12(18)16-11-6-5-9(14)8-10(11)15/h5-6,8H,3-4,7H2,1-2H3,(H,16,18). The van der Waals surface area contributed by atoms with Gasteiger partial charge in [0, 0.05) is 19.7 Å². The van der Waals surface area contributed by atoms with E-state index in [9.17, 15) is 18.4 Å². The number of halogens is 2. The lowest BCUT2D eigenvalue weighted by Crippen LogP contribution is -2.37. The molecule has 1 aromatic rings. The topological polar surface area (TPSA) is 49.4 Å². The van der Waals surface area contributed by atoms with Crippen molar-refractivity contribution in [1.29, 1.82) is 0 Å². The third kappa shape index (κ3) is 4.31. The second-order valence-corrected chi connectivity index (χ2v) is 4.16. The van der Waals surface area contributed by atoms with Gasteiger partial charge in [-0.25, -0.2) is 8.78 Å². The number of nitrogens with one attached hydrogen (secondary N) is 1. The highest BCUT2D eigenvalue weighted by atomic mass is 19.1. The molecule has 0 fully saturated rings. The number of carbonyl (C=O) groups is 2. The average Bonchev–Trinajstić information content (AvgIpc) is 2.38. The Morgan fingerprint density at radius 2 is 2.00 bits per heavy atom. The summed E-state index contributed by atoms with van der Waals surface area (Å²) in [5.41, 5.74) is -0.219. The summed E-state index contributed by atoms with van der Waals surface area (Å²) in [6, 6.07) is 2.72. The molecule has 104 valence electrons. The number of hydrogen-bond acceptors (Lipinski definition) is 2. The van der Waals surface area contributed by atoms with Crippen molar-refractivity contribution in [2.75, 3.05) is 18.9 Å². The Kier molecular flexibility index (Phi) is 5.41. The summed E-state index contributed by atoms with van der Waals surface area (Å²) in [5.74, 6) is -3.36. The van der Waals surface area contributed by atoms with Crippen LogP contribution in [0.25, 0.3) is 0 Å². The molecule has 1 N–H and O–H groups in total. The van der Waals surface area contributed by atoms with Gasteiger partial charge >= 0.3 is 11.8 Å². The summed E-state index contributed by atoms with van der Waals surface area (Å²) in [5, 5.41) is 2.12. The minimum absolute atomic E-state index is 0.219. The highest BCUT2D eigenvalue weighted by molar-refractivity contribution is 6.39. The molecule has 2 amide bonds. The van der Waals surface area contributed by atoms with Gasteiger partial charge in [0.15, 0.2) is 0 Å². The third-order valence-corrected chi connectivity index (χ3v) is 2.57. The fourth-order valence-corrected chi connectivity index (χ4v) is 1.44. The number of amides is 2. The van der Waals surface area contributed by atoms with E-state index in [1.807, 2.05) is 6.92 Å². The van der Waals surface area contributed by atoms with Crippen molar-refractivity contribution in [2.45, 2.75) is 19.8 Å². The zero-order valence-electron chi connectivity index (χ0n) is 10.9. The number of benzene rings is 1. The van der Waals surface area contributed by atoms with Gasteiger partial charge in [-0.3, -0.25) is 9.59 Å². The zero-order chi connectivity index (χ0) is 14.4. The number of anilines is 1. The van der Waals surface area contributed by atoms with Crippen LogP contribution < -0.4 is 5.32 Å². The van der Waals surface area contributed by atoms with Crippen LogP contribution in [0.5, 0.6) is 0 Å². The maximum absolute atomic E-state index is 13.3. The molecule has 6 heteroatoms. The maximum atomic E-state index is 13.3. The molecule has 0 aliphatic rings. The Morgan fingerprint density at radius 3 is 2.58 bits per heavy atom. The van der Waals surface area contributed by atoms with E-state index < -0.39 is 23.4 Å². The smallest absolute Gasteiger partial charge is 0.313 e. The molecule has 0 spiro atoms. The molecule has 4 nitrogen and oxygen atoms in total. The van der Waals surface area contributed by atoms with Crippen LogP contribution in [-0.2, 0) is 9.59 Å². The molecule has 0 aromatic heterocycles. The van der Waals surface area contributed by atoms with E-state index in [-0.39, 0.29) is 5.69 Å². The maximum Gasteiger partial charge on any atom is 0.313 e. The van der Waals surface area contributed by atoms with Crippen LogP contribution in [0.3, 0.4) is 0 Å². The van der Waals surface area contributed by atoms with Crippen LogP contribution in [0.15, 0.2) is 18.2 Å². The summed E-state index contributed by atoms with van der Waals surface area (Å²) in [7, 11) is 1.50. The molecule has 19 heavy (non-hydrogen) atoms. The lowest BCUT2D eigenvalue weighted by Gasteiger charge is -2.16. The second-order valence-electron chi connectivity index (χ2n) is 4.16. The highest BCUT2D eigenvalue weighted by Gasteiger charge is 2.19. The van der Waals surface area contributed by atoms with Gasteiger partial charge in [-0.2, -0.15) is 0 Å². The van der Waals surface area contributed by atoms with Gasteiger partial charge < -0.3 is 10.2 Å². The fraction of sp³-hybridized carbons (Fsp3) is 0.385. The molecule has 0 heterocycles. The monoisotopic (exact) mass is 270 g/mol. The molecule has 0 saturated heterocycles. The molecule has 0 radical (unpaired) electrons. The Morgan fingerprint density at radius 1 is 1.32 bits per heavy atom. The van der Waals surface area contributed by atoms with Crippen molar-refractivity contribution in [1.82, 2.24) is 4.90 Å². The molecular formula is C13H16F2N2O2. The Hall–Kier alpha value is -1.98. The second kappa shape index (κ2) is 6.82. The predicted octanol–water partition coefficient (Wildman–Crippen LogP) is 2.16. The number of hydrogen-bond donors (Lipinski definition) is 1. The average molecular weight is 270 g/mol. The van der Waals surface area contributed by atoms with Crippen molar-refractivity contribution in [2.24, 2.45) is 0 Å². The minimum Gasteiger partial charge on any atom is -0.338 e. The molecule has 1 aromatic carbocycles. The number of carbonyl (C=O) groups excluding carboxylic acids is 2. The number of rotatable bonds is 4. The van der Waals surface area contributed by atoms with E-state index >= 15 is 0 Å². The summed E-state index contributed by atoms with van der Waals surface area (Å²) in [6.07, 6.45) is 1.67. The van der Waals surface area contributed by atoms with Crippen LogP contribution >= 0.6 is 0 Å². The largest absolute Gasteiger partial charge is 0.338 e. The summed E-state index contributed by atoms with van der Waals surface area (Å²) in [6.45, 7) is 2.42. The predicted molar refractivity (Wildman–Crippen MR) is 67.5 cm³/mol. The number of nitrogens with zero attached hydrogens (tertiary/aromatic N) is 1. The van der Waals surface area contributed by atoms with Gasteiger partial charge in [0.25, 0.3) is 0 Å². The van der Waals surface area contributed by atoms with Crippen molar-refractivity contribution >= 4 is 17.5 Å². The summed E-state index contributed by atoms with van der Waals surface area (Å²) < 4.78 is 26.0. The van der Waals surface area contributed by atoms with Gasteiger partial charge in [-0.15, -0.1) is 0 Å². The van der Waals surface area contributed by atoms with Crippen molar-refractivity contribution < 1.29 is 18.4 Å². The molecular weight excluding hydrogens is 254 g/mol. The minimum atomic E-state index is -0.941. The van der Waals surface area contributed by atoms with Crippen molar-refractivity contribution in [3.8, 4) is 0 Å². The Labute approximate surface area is 110 Å². The Bertz CT molecular complexity index is 478. The van der Waals surface area contributed by atoms with Gasteiger partial charge in [0.2, 0.25) is 0 Å². The van der Waals surface area contributed by atoms with Crippen molar-refractivity contribution in [3.63, 3.8) is 0 Å². The lowest BCUT2D eigenvalue weighted by atomic mass is 10.3. The summed E-state index contributed by atoms with van der Waals surface area (Å²) >= 11 is 0. The number of likely N-dealkylation sites (N-methyl/N-ethyl adjacent to an activating group) is 1. The third-order valence-electron chi connectivity index (χ3n) is 2.57. The first-order chi connectivity index (χ1) is 8.95. The van der Waals surface area contributed by atoms with E-state index in [2.05, 4.69) is 5.32 Å². The van der Waals surface area contributed by atoms with Crippen LogP contribution in [0.4, 0.5) is 14.5 Å². The van der Waals surface area contributed by atoms with E-state index in [0.29, 0.717) is 12.6 Å². The van der Waals surface area contributed by atoms with E-state index in [4.69, 9.17) is 0 Å². The molecule has 0 unspecified atom stereocenters. The van der Waals surface area contributed by atoms with Gasteiger partial charge in [0.1, 0.15) is 11.6 Å². The normalized spacial score (nSPS) is 10.1. The fourth-order valence-electron chi connectivity index (χ4n) is 1.44. The highest BCUT2D eigenvalue weighted by Crippen LogP contribution is 2.14. The van der Waals surface area contributed by atoms with Gasteiger partial charge in [-0.1, -0.05) is 13.3 Å². The molecule has 0 bridgehead atoms. The first-order valence-electron chi connectivity index (χ1n) is 5.97. The molecule has 0 aliphatic heterocycles. The van der Waals surface area contributed by atoms with Gasteiger partial charge in [0.05, 0.1) is 5.69 Å². The quantitative estimate of drug-likeness (QED) is 0.852. The zero-order valence-corrected chi connectivity index (χ0v) is 10.9. The number of unbranched alkanes of at least 4 members (excludes halogenated alkanes) is 1. The molecule has 0 atom stereocenters. The molecule has 1 rings (SSSR count). The van der Waals surface area contributed by atoms with E-state index in [0.717, 1.165) is 25.0 Å². The van der Waals surface area contributed by atoms with Crippen LogP contribution in [0, 0.1) is 11.6 Å². The van der Waals surface area contributed by atoms with Crippen LogP contribution in [0.2, 0.25) is 0 Å². The Balaban J connectivity index is 2.66. The first kappa shape index (κ1) is 15.1. The van der Waals surface area contributed by atoms with Crippen LogP contribution in [-0.4, -0.2) is 30.3 Å². The molecule has 0 saturated carbocycles. The van der Waals surface area contributed by atoms with E-state index in [1.165, 1.54) is 11.9 Å². The van der Waals surface area contributed by atoms with Crippen LogP contribution in [0.1, 0.15) is 19.8 Å². The van der Waals surface area contributed by atoms with E-state index in [1.54, 1.807) is 0 Å². The SMILES string of the molecule is CCCCN(C)C(=O)C(=O)Nc1ccc(F)cc1F. The molecule has 0 aliphatic carbocycles. The van der Waals surface area contributed by atoms with Gasteiger partial charge in [-0.05, 0) is 18.6 Å².